The van der Waals surface area contributed by atoms with Crippen molar-refractivity contribution < 1.29 is 22.8 Å². The molecule has 7 nitrogen and oxygen atoms in total. The first-order valence-corrected chi connectivity index (χ1v) is 10.0. The Kier molecular flexibility index (Phi) is 6.71. The number of alkyl halides is 3. The molecule has 0 fully saturated rings. The minimum Gasteiger partial charge on any atom is -0.334 e. The summed E-state index contributed by atoms with van der Waals surface area (Å²) in [5.74, 6) is -1.12. The Balaban J connectivity index is 1.67. The smallest absolute Gasteiger partial charge is 0.334 e. The van der Waals surface area contributed by atoms with Gasteiger partial charge in [-0.05, 0) is 31.2 Å². The summed E-state index contributed by atoms with van der Waals surface area (Å²) < 4.78 is 42.3. The second-order valence-electron chi connectivity index (χ2n) is 7.23. The van der Waals surface area contributed by atoms with Crippen molar-refractivity contribution in [1.29, 1.82) is 0 Å². The number of para-hydroxylation sites is 3. The number of amides is 2. The molecule has 0 aliphatic rings. The number of anilines is 1. The second kappa shape index (κ2) is 9.29. The number of carbonyl (C=O) groups excluding carboxylic acids is 2. The predicted molar refractivity (Wildman–Crippen MR) is 114 cm³/mol. The van der Waals surface area contributed by atoms with Crippen LogP contribution in [0.4, 0.5) is 18.9 Å². The van der Waals surface area contributed by atoms with E-state index >= 15 is 0 Å². The molecule has 2 amide bonds. The molecule has 0 atom stereocenters. The number of carbonyl (C=O) groups is 2. The maximum absolute atomic E-state index is 13.1. The zero-order valence-corrected chi connectivity index (χ0v) is 17.6. The minimum absolute atomic E-state index is 0.0336. The third-order valence-corrected chi connectivity index (χ3v) is 5.18. The number of likely N-dealkylation sites (N-methyl/N-ethyl adjacent to an activating group) is 1. The molecule has 0 saturated carbocycles. The van der Waals surface area contributed by atoms with Crippen molar-refractivity contribution in [2.24, 2.45) is 7.05 Å². The Morgan fingerprint density at radius 2 is 1.66 bits per heavy atom. The van der Waals surface area contributed by atoms with Gasteiger partial charge in [-0.15, -0.1) is 0 Å². The first kappa shape index (κ1) is 23.1. The number of hydrogen-bond acceptors (Lipinski definition) is 3. The van der Waals surface area contributed by atoms with Gasteiger partial charge in [0.25, 0.3) is 0 Å². The van der Waals surface area contributed by atoms with Gasteiger partial charge in [0.1, 0.15) is 0 Å². The van der Waals surface area contributed by atoms with E-state index in [4.69, 9.17) is 0 Å². The number of fused-ring (bicyclic) bond motifs is 1. The van der Waals surface area contributed by atoms with Gasteiger partial charge in [-0.2, -0.15) is 13.2 Å². The molecular weight excluding hydrogens is 425 g/mol. The van der Waals surface area contributed by atoms with Crippen LogP contribution in [0.1, 0.15) is 18.9 Å². The Morgan fingerprint density at radius 1 is 1.03 bits per heavy atom. The molecule has 10 heteroatoms. The Labute approximate surface area is 182 Å². The number of aromatic nitrogens is 2. The third-order valence-electron chi connectivity index (χ3n) is 5.18. The number of halogens is 3. The minimum atomic E-state index is -4.62. The number of nitrogens with one attached hydrogen (secondary N) is 1. The van der Waals surface area contributed by atoms with Crippen molar-refractivity contribution in [3.63, 3.8) is 0 Å². The summed E-state index contributed by atoms with van der Waals surface area (Å²) in [4.78, 5) is 38.7. The van der Waals surface area contributed by atoms with E-state index < -0.39 is 24.2 Å². The highest BCUT2D eigenvalue weighted by atomic mass is 19.4. The number of benzene rings is 2. The van der Waals surface area contributed by atoms with Crippen molar-refractivity contribution in [3.05, 3.63) is 64.6 Å². The van der Waals surface area contributed by atoms with Crippen LogP contribution in [0.25, 0.3) is 11.0 Å². The molecule has 1 N–H and O–H groups in total. The summed E-state index contributed by atoms with van der Waals surface area (Å²) in [5, 5.41) is 2.24. The topological polar surface area (TPSA) is 76.3 Å². The van der Waals surface area contributed by atoms with Gasteiger partial charge in [0.2, 0.25) is 11.8 Å². The van der Waals surface area contributed by atoms with E-state index in [1.54, 1.807) is 32.2 Å². The van der Waals surface area contributed by atoms with Crippen LogP contribution in [-0.2, 0) is 29.4 Å². The van der Waals surface area contributed by atoms with E-state index in [2.05, 4.69) is 5.32 Å². The summed E-state index contributed by atoms with van der Waals surface area (Å²) in [6, 6.07) is 11.8. The van der Waals surface area contributed by atoms with Gasteiger partial charge < -0.3 is 10.2 Å². The average Bonchev–Trinajstić information content (AvgIpc) is 3.00. The Bertz CT molecular complexity index is 1200. The zero-order chi connectivity index (χ0) is 23.5. The number of rotatable bonds is 7. The van der Waals surface area contributed by atoms with E-state index in [-0.39, 0.29) is 36.8 Å². The highest BCUT2D eigenvalue weighted by Gasteiger charge is 2.33. The quantitative estimate of drug-likeness (QED) is 0.603. The van der Waals surface area contributed by atoms with Crippen LogP contribution in [-0.4, -0.2) is 38.9 Å². The molecule has 3 aromatic rings. The molecular formula is C22H23F3N4O3. The van der Waals surface area contributed by atoms with Crippen molar-refractivity contribution in [2.75, 3.05) is 18.4 Å². The molecule has 0 unspecified atom stereocenters. The molecule has 0 aliphatic heterocycles. The van der Waals surface area contributed by atoms with E-state index in [0.29, 0.717) is 5.52 Å². The summed E-state index contributed by atoms with van der Waals surface area (Å²) in [6.45, 7) is 1.58. The normalized spacial score (nSPS) is 11.5. The van der Waals surface area contributed by atoms with Crippen molar-refractivity contribution in [1.82, 2.24) is 14.0 Å². The van der Waals surface area contributed by atoms with Gasteiger partial charge in [0, 0.05) is 26.6 Å². The van der Waals surface area contributed by atoms with Crippen LogP contribution in [0.15, 0.2) is 53.3 Å². The maximum Gasteiger partial charge on any atom is 0.418 e. The summed E-state index contributed by atoms with van der Waals surface area (Å²) in [5.41, 5.74) is -0.158. The monoisotopic (exact) mass is 448 g/mol. The Morgan fingerprint density at radius 3 is 2.31 bits per heavy atom. The van der Waals surface area contributed by atoms with Crippen molar-refractivity contribution in [3.8, 4) is 0 Å². The fourth-order valence-electron chi connectivity index (χ4n) is 3.52. The number of hydrogen-bond donors (Lipinski definition) is 1. The van der Waals surface area contributed by atoms with Gasteiger partial charge in [0.15, 0.2) is 0 Å². The van der Waals surface area contributed by atoms with Crippen molar-refractivity contribution >= 4 is 28.5 Å². The van der Waals surface area contributed by atoms with E-state index in [0.717, 1.165) is 17.6 Å². The van der Waals surface area contributed by atoms with Crippen molar-refractivity contribution in [2.45, 2.75) is 26.1 Å². The molecule has 0 saturated heterocycles. The molecule has 170 valence electrons. The van der Waals surface area contributed by atoms with Crippen LogP contribution < -0.4 is 11.0 Å². The lowest BCUT2D eigenvalue weighted by atomic mass is 10.1. The molecule has 1 aromatic heterocycles. The molecule has 1 heterocycles. The largest absolute Gasteiger partial charge is 0.418 e. The van der Waals surface area contributed by atoms with Gasteiger partial charge in [-0.25, -0.2) is 4.79 Å². The first-order valence-electron chi connectivity index (χ1n) is 10.0. The van der Waals surface area contributed by atoms with E-state index in [1.165, 1.54) is 26.2 Å². The van der Waals surface area contributed by atoms with Gasteiger partial charge in [-0.3, -0.25) is 18.7 Å². The second-order valence-corrected chi connectivity index (χ2v) is 7.23. The van der Waals surface area contributed by atoms with Gasteiger partial charge in [0.05, 0.1) is 28.8 Å². The fraction of sp³-hybridized carbons (Fsp3) is 0.318. The summed E-state index contributed by atoms with van der Waals surface area (Å²) in [7, 11) is 1.64. The highest BCUT2D eigenvalue weighted by Crippen LogP contribution is 2.34. The van der Waals surface area contributed by atoms with Crippen LogP contribution >= 0.6 is 0 Å². The van der Waals surface area contributed by atoms with E-state index in [1.807, 2.05) is 6.07 Å². The highest BCUT2D eigenvalue weighted by molar-refractivity contribution is 5.95. The molecule has 0 aliphatic carbocycles. The maximum atomic E-state index is 13.1. The molecule has 0 bridgehead atoms. The molecule has 2 aromatic carbocycles. The lowest BCUT2D eigenvalue weighted by molar-refractivity contribution is -0.137. The fourth-order valence-corrected chi connectivity index (χ4v) is 3.52. The summed E-state index contributed by atoms with van der Waals surface area (Å²) >= 11 is 0. The van der Waals surface area contributed by atoms with Crippen LogP contribution in [0.2, 0.25) is 0 Å². The number of imidazole rings is 1. The Hall–Kier alpha value is -3.56. The lowest BCUT2D eigenvalue weighted by Gasteiger charge is -2.21. The van der Waals surface area contributed by atoms with Crippen LogP contribution in [0, 0.1) is 0 Å². The standard InChI is InChI=1S/C22H23F3N4O3/c1-3-28(14-19(30)26-16-9-5-4-8-15(16)22(23,24)25)20(31)12-13-29-18-11-7-6-10-17(18)27(2)21(29)32/h4-11H,3,12-14H2,1-2H3,(H,26,30). The molecule has 3 rings (SSSR count). The van der Waals surface area contributed by atoms with Crippen LogP contribution in [0.3, 0.4) is 0 Å². The molecule has 0 radical (unpaired) electrons. The zero-order valence-electron chi connectivity index (χ0n) is 17.6. The number of nitrogens with zero attached hydrogens (tertiary/aromatic N) is 3. The SMILES string of the molecule is CCN(CC(=O)Nc1ccccc1C(F)(F)F)C(=O)CCn1c(=O)n(C)c2ccccc21. The molecule has 32 heavy (non-hydrogen) atoms. The average molecular weight is 448 g/mol. The number of aryl methyl sites for hydroxylation is 2. The first-order chi connectivity index (χ1) is 15.1. The predicted octanol–water partition coefficient (Wildman–Crippen LogP) is 3.24. The van der Waals surface area contributed by atoms with Crippen LogP contribution in [0.5, 0.6) is 0 Å². The lowest BCUT2D eigenvalue weighted by Crippen LogP contribution is -2.38. The molecule has 0 spiro atoms. The summed E-state index contributed by atoms with van der Waals surface area (Å²) in [6.07, 6.45) is -4.65. The van der Waals surface area contributed by atoms with Gasteiger partial charge >= 0.3 is 11.9 Å². The third kappa shape index (κ3) is 4.84. The van der Waals surface area contributed by atoms with Gasteiger partial charge in [-0.1, -0.05) is 24.3 Å². The van der Waals surface area contributed by atoms with E-state index in [9.17, 15) is 27.6 Å².